The maximum atomic E-state index is 12.4. The molecule has 1 aliphatic rings. The molecule has 20 heavy (non-hydrogen) atoms. The first-order chi connectivity index (χ1) is 9.61. The average molecular weight is 292 g/mol. The molecule has 2 rings (SSSR count). The number of aliphatic hydroxyl groups excluding tert-OH is 1. The highest BCUT2D eigenvalue weighted by molar-refractivity contribution is 7.80. The molecule has 1 aromatic carbocycles. The Morgan fingerprint density at radius 3 is 2.60 bits per heavy atom. The van der Waals surface area contributed by atoms with Gasteiger partial charge in [-0.15, -0.1) is 0 Å². The lowest BCUT2D eigenvalue weighted by Crippen LogP contribution is -2.40. The summed E-state index contributed by atoms with van der Waals surface area (Å²) in [4.78, 5) is 14.6. The normalized spacial score (nSPS) is 18.9. The molecule has 0 spiro atoms. The van der Waals surface area contributed by atoms with Gasteiger partial charge in [0.25, 0.3) is 5.91 Å². The summed E-state index contributed by atoms with van der Waals surface area (Å²) in [6.45, 7) is 1.71. The van der Waals surface area contributed by atoms with Crippen LogP contribution in [0.25, 0.3) is 0 Å². The number of carbonyl (C=O) groups is 1. The maximum Gasteiger partial charge on any atom is 0.253 e. The molecule has 3 N–H and O–H groups in total. The van der Waals surface area contributed by atoms with E-state index < -0.39 is 0 Å². The molecule has 1 aromatic rings. The molecule has 4 nitrogen and oxygen atoms in total. The first kappa shape index (κ1) is 14.9. The van der Waals surface area contributed by atoms with Crippen LogP contribution in [0.15, 0.2) is 24.3 Å². The number of nitrogens with two attached hydrogens (primary N) is 1. The Kier molecular flexibility index (Phi) is 5.09. The maximum absolute atomic E-state index is 12.4. The number of thiocarbonyl (C=S) groups is 1. The van der Waals surface area contributed by atoms with Gasteiger partial charge in [0.1, 0.15) is 4.99 Å². The molecule has 0 aromatic heterocycles. The van der Waals surface area contributed by atoms with Crippen molar-refractivity contribution in [3.63, 3.8) is 0 Å². The first-order valence-corrected chi connectivity index (χ1v) is 7.32. The van der Waals surface area contributed by atoms with E-state index in [1.54, 1.807) is 24.3 Å². The van der Waals surface area contributed by atoms with Crippen LogP contribution < -0.4 is 5.73 Å². The van der Waals surface area contributed by atoms with Gasteiger partial charge in [-0.3, -0.25) is 4.79 Å². The fraction of sp³-hybridized carbons (Fsp3) is 0.467. The third kappa shape index (κ3) is 3.55. The summed E-state index contributed by atoms with van der Waals surface area (Å²) >= 11 is 4.90. The van der Waals surface area contributed by atoms with Gasteiger partial charge in [-0.25, -0.2) is 0 Å². The van der Waals surface area contributed by atoms with Gasteiger partial charge in [-0.2, -0.15) is 0 Å². The summed E-state index contributed by atoms with van der Waals surface area (Å²) in [6, 6.07) is 7.11. The van der Waals surface area contributed by atoms with E-state index in [4.69, 9.17) is 23.1 Å². The van der Waals surface area contributed by atoms with Crippen LogP contribution in [-0.2, 0) is 0 Å². The van der Waals surface area contributed by atoms with E-state index in [0.29, 0.717) is 16.5 Å². The number of piperidine rings is 1. The molecule has 1 saturated heterocycles. The Bertz CT molecular complexity index is 485. The highest BCUT2D eigenvalue weighted by Gasteiger charge is 2.24. The Balaban J connectivity index is 2.04. The van der Waals surface area contributed by atoms with Crippen molar-refractivity contribution >= 4 is 23.1 Å². The zero-order chi connectivity index (χ0) is 14.5. The van der Waals surface area contributed by atoms with E-state index in [1.165, 1.54) is 0 Å². The molecule has 0 saturated carbocycles. The van der Waals surface area contributed by atoms with E-state index in [0.717, 1.165) is 37.9 Å². The lowest BCUT2D eigenvalue weighted by atomic mass is 9.94. The minimum Gasteiger partial charge on any atom is -0.396 e. The van der Waals surface area contributed by atoms with E-state index in [1.807, 2.05) is 4.90 Å². The minimum absolute atomic E-state index is 0.0436. The monoisotopic (exact) mass is 292 g/mol. The topological polar surface area (TPSA) is 66.6 Å². The molecule has 1 heterocycles. The van der Waals surface area contributed by atoms with E-state index in [-0.39, 0.29) is 12.5 Å². The van der Waals surface area contributed by atoms with Gasteiger partial charge in [0, 0.05) is 30.8 Å². The van der Waals surface area contributed by atoms with Crippen molar-refractivity contribution in [3.8, 4) is 0 Å². The van der Waals surface area contributed by atoms with Crippen molar-refractivity contribution in [2.75, 3.05) is 19.7 Å². The summed E-state index contributed by atoms with van der Waals surface area (Å²) in [7, 11) is 0. The predicted molar refractivity (Wildman–Crippen MR) is 82.7 cm³/mol. The van der Waals surface area contributed by atoms with Gasteiger partial charge in [0.15, 0.2) is 0 Å². The number of hydrogen-bond acceptors (Lipinski definition) is 3. The van der Waals surface area contributed by atoms with Crippen LogP contribution in [0.5, 0.6) is 0 Å². The number of rotatable bonds is 4. The Hall–Kier alpha value is -1.46. The molecule has 5 heteroatoms. The Labute approximate surface area is 124 Å². The van der Waals surface area contributed by atoms with Crippen LogP contribution in [0.3, 0.4) is 0 Å². The number of aliphatic hydroxyl groups is 1. The molecule has 1 fully saturated rings. The van der Waals surface area contributed by atoms with Crippen LogP contribution in [0.1, 0.15) is 35.2 Å². The molecule has 108 valence electrons. The van der Waals surface area contributed by atoms with E-state index in [9.17, 15) is 4.79 Å². The zero-order valence-corrected chi connectivity index (χ0v) is 12.2. The number of nitrogens with zero attached hydrogens (tertiary/aromatic N) is 1. The third-order valence-corrected chi connectivity index (χ3v) is 4.00. The van der Waals surface area contributed by atoms with Gasteiger partial charge >= 0.3 is 0 Å². The van der Waals surface area contributed by atoms with Gasteiger partial charge in [0.05, 0.1) is 0 Å². The van der Waals surface area contributed by atoms with Crippen molar-refractivity contribution < 1.29 is 9.90 Å². The number of carbonyl (C=O) groups excluding carboxylic acids is 1. The van der Waals surface area contributed by atoms with Crippen molar-refractivity contribution in [3.05, 3.63) is 35.4 Å². The van der Waals surface area contributed by atoms with E-state index >= 15 is 0 Å². The Morgan fingerprint density at radius 1 is 1.35 bits per heavy atom. The smallest absolute Gasteiger partial charge is 0.253 e. The summed E-state index contributed by atoms with van der Waals surface area (Å²) < 4.78 is 0. The zero-order valence-electron chi connectivity index (χ0n) is 11.4. The lowest BCUT2D eigenvalue weighted by Gasteiger charge is -2.32. The lowest BCUT2D eigenvalue weighted by molar-refractivity contribution is 0.0653. The molecule has 0 bridgehead atoms. The van der Waals surface area contributed by atoms with Crippen LogP contribution in [0.4, 0.5) is 0 Å². The van der Waals surface area contributed by atoms with Crippen molar-refractivity contribution in [1.29, 1.82) is 0 Å². The number of hydrogen-bond donors (Lipinski definition) is 2. The minimum atomic E-state index is 0.0436. The molecular weight excluding hydrogens is 272 g/mol. The second-order valence-electron chi connectivity index (χ2n) is 5.21. The summed E-state index contributed by atoms with van der Waals surface area (Å²) in [6.07, 6.45) is 2.86. The molecule has 0 aliphatic carbocycles. The average Bonchev–Trinajstić information content (AvgIpc) is 2.47. The van der Waals surface area contributed by atoms with Gasteiger partial charge in [-0.1, -0.05) is 24.4 Å². The third-order valence-electron chi connectivity index (χ3n) is 3.76. The first-order valence-electron chi connectivity index (χ1n) is 6.92. The number of benzene rings is 1. The molecule has 1 aliphatic heterocycles. The number of likely N-dealkylation sites (tertiary alicyclic amines) is 1. The molecule has 1 amide bonds. The SMILES string of the molecule is NC(=S)c1ccc(C(=O)N2CCCC(CCO)C2)cc1. The van der Waals surface area contributed by atoms with Gasteiger partial charge in [0.2, 0.25) is 0 Å². The highest BCUT2D eigenvalue weighted by atomic mass is 32.1. The largest absolute Gasteiger partial charge is 0.396 e. The fourth-order valence-electron chi connectivity index (χ4n) is 2.63. The van der Waals surface area contributed by atoms with Crippen molar-refractivity contribution in [2.24, 2.45) is 11.7 Å². The van der Waals surface area contributed by atoms with Crippen molar-refractivity contribution in [1.82, 2.24) is 4.90 Å². The van der Waals surface area contributed by atoms with Crippen LogP contribution in [-0.4, -0.2) is 40.6 Å². The van der Waals surface area contributed by atoms with Crippen LogP contribution >= 0.6 is 12.2 Å². The highest BCUT2D eigenvalue weighted by Crippen LogP contribution is 2.21. The van der Waals surface area contributed by atoms with Crippen molar-refractivity contribution in [2.45, 2.75) is 19.3 Å². The fourth-order valence-corrected chi connectivity index (χ4v) is 2.76. The molecular formula is C15H20N2O2S. The quantitative estimate of drug-likeness (QED) is 0.827. The number of amides is 1. The standard InChI is InChI=1S/C15H20N2O2S/c16-14(20)12-3-5-13(6-4-12)15(19)17-8-1-2-11(10-17)7-9-18/h3-6,11,18H,1-2,7-10H2,(H2,16,20). The molecule has 0 radical (unpaired) electrons. The second-order valence-corrected chi connectivity index (χ2v) is 5.65. The summed E-state index contributed by atoms with van der Waals surface area (Å²) in [5, 5.41) is 9.02. The second kappa shape index (κ2) is 6.81. The van der Waals surface area contributed by atoms with Gasteiger partial charge in [-0.05, 0) is 37.3 Å². The van der Waals surface area contributed by atoms with Crippen LogP contribution in [0.2, 0.25) is 0 Å². The van der Waals surface area contributed by atoms with Gasteiger partial charge < -0.3 is 15.7 Å². The summed E-state index contributed by atoms with van der Waals surface area (Å²) in [5.74, 6) is 0.454. The van der Waals surface area contributed by atoms with Crippen LogP contribution in [0, 0.1) is 5.92 Å². The molecule has 1 unspecified atom stereocenters. The Morgan fingerprint density at radius 2 is 2.00 bits per heavy atom. The predicted octanol–water partition coefficient (Wildman–Crippen LogP) is 1.56. The summed E-state index contributed by atoms with van der Waals surface area (Å²) in [5.41, 5.74) is 6.98. The van der Waals surface area contributed by atoms with E-state index in [2.05, 4.69) is 0 Å². The molecule has 1 atom stereocenters.